The third kappa shape index (κ3) is 3.09. The predicted octanol–water partition coefficient (Wildman–Crippen LogP) is 1.72. The summed E-state index contributed by atoms with van der Waals surface area (Å²) in [6.07, 6.45) is 3.12. The van der Waals surface area contributed by atoms with E-state index in [1.54, 1.807) is 4.90 Å². The molecule has 0 spiro atoms. The van der Waals surface area contributed by atoms with Crippen molar-refractivity contribution in [3.05, 3.63) is 0 Å². The molecule has 0 bridgehead atoms. The van der Waals surface area contributed by atoms with Crippen LogP contribution in [0.25, 0.3) is 0 Å². The zero-order valence-electron chi connectivity index (χ0n) is 9.12. The third-order valence-corrected chi connectivity index (χ3v) is 3.04. The van der Waals surface area contributed by atoms with E-state index in [0.717, 1.165) is 19.3 Å². The van der Waals surface area contributed by atoms with E-state index in [1.807, 2.05) is 13.8 Å². The van der Waals surface area contributed by atoms with Gasteiger partial charge in [-0.2, -0.15) is 0 Å². The molecule has 2 atom stereocenters. The number of rotatable bonds is 1. The molecule has 15 heavy (non-hydrogen) atoms. The number of hydrogen-bond donors (Lipinski definition) is 1. The normalized spacial score (nSPS) is 26.2. The minimum Gasteiger partial charge on any atom is -0.319 e. The molecule has 1 aliphatic heterocycles. The maximum atomic E-state index is 11.7. The SMILES string of the molecule is CC1CCCC(C)N1C(=O)NC(=O)CCl. The quantitative estimate of drug-likeness (QED) is 0.700. The van der Waals surface area contributed by atoms with Crippen LogP contribution in [0.3, 0.4) is 0 Å². The highest BCUT2D eigenvalue weighted by Gasteiger charge is 2.29. The van der Waals surface area contributed by atoms with Crippen LogP contribution in [-0.2, 0) is 4.79 Å². The second-order valence-corrected chi connectivity index (χ2v) is 4.29. The molecule has 1 fully saturated rings. The van der Waals surface area contributed by atoms with E-state index in [-0.39, 0.29) is 24.0 Å². The Kier molecular flexibility index (Phi) is 4.39. The first-order valence-electron chi connectivity index (χ1n) is 5.24. The number of piperidine rings is 1. The lowest BCUT2D eigenvalue weighted by Crippen LogP contribution is -2.53. The van der Waals surface area contributed by atoms with Gasteiger partial charge in [0.05, 0.1) is 0 Å². The summed E-state index contributed by atoms with van der Waals surface area (Å²) in [5.74, 6) is -0.617. The molecule has 0 aromatic heterocycles. The van der Waals surface area contributed by atoms with Crippen LogP contribution >= 0.6 is 11.6 Å². The van der Waals surface area contributed by atoms with Gasteiger partial charge in [-0.1, -0.05) is 0 Å². The van der Waals surface area contributed by atoms with E-state index in [9.17, 15) is 9.59 Å². The van der Waals surface area contributed by atoms with Crippen molar-refractivity contribution in [1.29, 1.82) is 0 Å². The molecule has 1 rings (SSSR count). The lowest BCUT2D eigenvalue weighted by molar-refractivity contribution is -0.117. The molecule has 1 aliphatic rings. The van der Waals surface area contributed by atoms with Gasteiger partial charge < -0.3 is 4.90 Å². The Bertz CT molecular complexity index is 248. The molecule has 0 saturated carbocycles. The Hall–Kier alpha value is -0.770. The van der Waals surface area contributed by atoms with E-state index >= 15 is 0 Å². The van der Waals surface area contributed by atoms with Gasteiger partial charge in [0.1, 0.15) is 5.88 Å². The molecule has 1 saturated heterocycles. The van der Waals surface area contributed by atoms with E-state index in [4.69, 9.17) is 11.6 Å². The number of urea groups is 1. The van der Waals surface area contributed by atoms with Crippen LogP contribution in [0.2, 0.25) is 0 Å². The smallest absolute Gasteiger partial charge is 0.319 e. The Morgan fingerprint density at radius 2 is 1.87 bits per heavy atom. The van der Waals surface area contributed by atoms with Crippen LogP contribution in [0.1, 0.15) is 33.1 Å². The van der Waals surface area contributed by atoms with Crippen LogP contribution in [0.4, 0.5) is 4.79 Å². The molecule has 5 heteroatoms. The molecular weight excluding hydrogens is 216 g/mol. The van der Waals surface area contributed by atoms with Gasteiger partial charge in [0, 0.05) is 12.1 Å². The molecule has 0 aromatic carbocycles. The number of nitrogens with one attached hydrogen (secondary N) is 1. The maximum Gasteiger partial charge on any atom is 0.324 e. The Morgan fingerprint density at radius 1 is 1.33 bits per heavy atom. The highest BCUT2D eigenvalue weighted by molar-refractivity contribution is 6.28. The number of imide groups is 1. The van der Waals surface area contributed by atoms with Gasteiger partial charge in [0.25, 0.3) is 0 Å². The Labute approximate surface area is 95.0 Å². The molecule has 86 valence electrons. The summed E-state index contributed by atoms with van der Waals surface area (Å²) in [5, 5.41) is 2.28. The third-order valence-electron chi connectivity index (χ3n) is 2.80. The zero-order chi connectivity index (χ0) is 11.4. The molecule has 4 nitrogen and oxygen atoms in total. The van der Waals surface area contributed by atoms with E-state index in [0.29, 0.717) is 0 Å². The topological polar surface area (TPSA) is 49.4 Å². The Balaban J connectivity index is 2.59. The van der Waals surface area contributed by atoms with Crippen molar-refractivity contribution < 1.29 is 9.59 Å². The van der Waals surface area contributed by atoms with Gasteiger partial charge in [-0.3, -0.25) is 10.1 Å². The van der Waals surface area contributed by atoms with Gasteiger partial charge in [0.2, 0.25) is 5.91 Å². The van der Waals surface area contributed by atoms with Crippen LogP contribution in [0.5, 0.6) is 0 Å². The van der Waals surface area contributed by atoms with Crippen molar-refractivity contribution in [3.63, 3.8) is 0 Å². The van der Waals surface area contributed by atoms with Gasteiger partial charge in [-0.15, -0.1) is 11.6 Å². The fraction of sp³-hybridized carbons (Fsp3) is 0.800. The minimum atomic E-state index is -0.438. The second kappa shape index (κ2) is 5.35. The molecule has 3 amide bonds. The number of halogens is 1. The van der Waals surface area contributed by atoms with Crippen molar-refractivity contribution in [2.45, 2.75) is 45.2 Å². The van der Waals surface area contributed by atoms with Crippen LogP contribution in [-0.4, -0.2) is 34.8 Å². The zero-order valence-corrected chi connectivity index (χ0v) is 9.88. The molecule has 0 aliphatic carbocycles. The first-order chi connectivity index (χ1) is 7.06. The molecule has 2 unspecified atom stereocenters. The lowest BCUT2D eigenvalue weighted by atomic mass is 9.98. The van der Waals surface area contributed by atoms with Crippen molar-refractivity contribution in [2.24, 2.45) is 0 Å². The number of nitrogens with zero attached hydrogens (tertiary/aromatic N) is 1. The predicted molar refractivity (Wildman–Crippen MR) is 58.9 cm³/mol. The summed E-state index contributed by atoms with van der Waals surface area (Å²) in [7, 11) is 0. The van der Waals surface area contributed by atoms with Crippen LogP contribution in [0.15, 0.2) is 0 Å². The highest BCUT2D eigenvalue weighted by atomic mass is 35.5. The lowest BCUT2D eigenvalue weighted by Gasteiger charge is -2.38. The fourth-order valence-electron chi connectivity index (χ4n) is 2.04. The number of amides is 3. The first kappa shape index (κ1) is 12.3. The van der Waals surface area contributed by atoms with Crippen LogP contribution in [0, 0.1) is 0 Å². The second-order valence-electron chi connectivity index (χ2n) is 4.02. The number of carbonyl (C=O) groups is 2. The summed E-state index contributed by atoms with van der Waals surface area (Å²) in [6, 6.07) is 0.0640. The summed E-state index contributed by atoms with van der Waals surface area (Å²) >= 11 is 5.32. The van der Waals surface area contributed by atoms with Crippen molar-refractivity contribution in [3.8, 4) is 0 Å². The molecule has 1 heterocycles. The summed E-state index contributed by atoms with van der Waals surface area (Å²) < 4.78 is 0. The van der Waals surface area contributed by atoms with Crippen molar-refractivity contribution >= 4 is 23.5 Å². The highest BCUT2D eigenvalue weighted by Crippen LogP contribution is 2.22. The average Bonchev–Trinajstić information content (AvgIpc) is 2.17. The molecule has 0 aromatic rings. The standard InChI is InChI=1S/C10H17ClN2O2/c1-7-4-3-5-8(2)13(7)10(15)12-9(14)6-11/h7-8H,3-6H2,1-2H3,(H,12,14,15). The minimum absolute atomic E-state index is 0.178. The van der Waals surface area contributed by atoms with E-state index in [2.05, 4.69) is 5.32 Å². The van der Waals surface area contributed by atoms with Gasteiger partial charge in [0.15, 0.2) is 0 Å². The van der Waals surface area contributed by atoms with Gasteiger partial charge in [-0.25, -0.2) is 4.79 Å². The number of carbonyl (C=O) groups excluding carboxylic acids is 2. The Morgan fingerprint density at radius 3 is 2.33 bits per heavy atom. The maximum absolute atomic E-state index is 11.7. The van der Waals surface area contributed by atoms with Crippen LogP contribution < -0.4 is 5.32 Å². The number of alkyl halides is 1. The number of likely N-dealkylation sites (tertiary alicyclic amines) is 1. The van der Waals surface area contributed by atoms with Gasteiger partial charge >= 0.3 is 6.03 Å². The monoisotopic (exact) mass is 232 g/mol. The molecule has 0 radical (unpaired) electrons. The summed E-state index contributed by atoms with van der Waals surface area (Å²) in [4.78, 5) is 24.4. The largest absolute Gasteiger partial charge is 0.324 e. The van der Waals surface area contributed by atoms with Crippen molar-refractivity contribution in [2.75, 3.05) is 5.88 Å². The fourth-order valence-corrected chi connectivity index (χ4v) is 2.11. The summed E-state index contributed by atoms with van der Waals surface area (Å²) in [5.41, 5.74) is 0. The van der Waals surface area contributed by atoms with E-state index < -0.39 is 5.91 Å². The van der Waals surface area contributed by atoms with Crippen molar-refractivity contribution in [1.82, 2.24) is 10.2 Å². The average molecular weight is 233 g/mol. The number of hydrogen-bond acceptors (Lipinski definition) is 2. The van der Waals surface area contributed by atoms with Gasteiger partial charge in [-0.05, 0) is 33.1 Å². The summed E-state index contributed by atoms with van der Waals surface area (Å²) in [6.45, 7) is 4.00. The molecule has 1 N–H and O–H groups in total. The molecular formula is C10H17ClN2O2. The van der Waals surface area contributed by atoms with E-state index in [1.165, 1.54) is 0 Å². The first-order valence-corrected chi connectivity index (χ1v) is 5.77.